The van der Waals surface area contributed by atoms with Crippen LogP contribution >= 0.6 is 11.6 Å². The van der Waals surface area contributed by atoms with Crippen LogP contribution in [-0.2, 0) is 42.9 Å². The SMILES string of the molecule is CCC(C)(CCOCCOCCNC(=O)CN1CCN(CC(=O)O)CCN(CC(=O)O)CCN(CC(=O)O)CC1)OCCC(C)(CC)OCCC(=O)N1CCN(c2ncc(-c3cc(C)cc(F)c3)c(N3CCC(N)CC3)c2-c2nc3ccc(Cl)cc3[nH]2)CC1. The van der Waals surface area contributed by atoms with Crippen LogP contribution in [0.1, 0.15) is 78.2 Å². The number of imidazole rings is 1. The minimum Gasteiger partial charge on any atom is -0.480 e. The number of H-pyrrole nitrogens is 1. The van der Waals surface area contributed by atoms with Crippen LogP contribution in [0.5, 0.6) is 0 Å². The zero-order valence-electron chi connectivity index (χ0n) is 52.6. The molecule has 2 aromatic heterocycles. The zero-order valence-corrected chi connectivity index (χ0v) is 53.4. The number of carbonyl (C=O) groups is 5. The molecule has 7 rings (SSSR count). The number of carboxylic acids is 3. The highest BCUT2D eigenvalue weighted by atomic mass is 35.5. The number of aliphatic carboxylic acids is 3. The number of benzene rings is 2. The predicted octanol–water partition coefficient (Wildman–Crippen LogP) is 5.13. The van der Waals surface area contributed by atoms with Gasteiger partial charge in [-0.1, -0.05) is 31.5 Å². The summed E-state index contributed by atoms with van der Waals surface area (Å²) in [4.78, 5) is 88.8. The topological polar surface area (TPSA) is 285 Å². The quantitative estimate of drug-likeness (QED) is 0.0356. The number of aromatic amines is 1. The summed E-state index contributed by atoms with van der Waals surface area (Å²) in [6.45, 7) is 17.8. The maximum absolute atomic E-state index is 15.1. The molecule has 4 aromatic rings. The number of nitrogens with one attached hydrogen (secondary N) is 2. The summed E-state index contributed by atoms with van der Waals surface area (Å²) in [6, 6.07) is 10.7. The summed E-state index contributed by atoms with van der Waals surface area (Å²) in [7, 11) is 0. The van der Waals surface area contributed by atoms with Crippen LogP contribution in [0, 0.1) is 12.7 Å². The molecule has 0 bridgehead atoms. The Balaban J connectivity index is 0.822. The normalized spacial score (nSPS) is 18.1. The van der Waals surface area contributed by atoms with Gasteiger partial charge in [0.2, 0.25) is 11.8 Å². The molecule has 2 atom stereocenters. The number of hydrogen-bond acceptors (Lipinski definition) is 18. The molecule has 7 N–H and O–H groups in total. The number of halogens is 2. The number of aromatic nitrogens is 3. The molecular weight excluding hydrogens is 1170 g/mol. The second kappa shape index (κ2) is 34.3. The first-order chi connectivity index (χ1) is 42.6. The highest BCUT2D eigenvalue weighted by Gasteiger charge is 2.33. The third-order valence-corrected chi connectivity index (χ3v) is 17.5. The van der Waals surface area contributed by atoms with Crippen LogP contribution in [0.4, 0.5) is 15.9 Å². The third kappa shape index (κ3) is 22.1. The summed E-state index contributed by atoms with van der Waals surface area (Å²) in [5.74, 6) is -2.27. The lowest BCUT2D eigenvalue weighted by molar-refractivity contribution is -0.140. The number of piperazine rings is 1. The minimum absolute atomic E-state index is 0.0158. The number of aryl methyl sites for hydroxylation is 1. The number of nitrogens with two attached hydrogens (primary N) is 1. The second-order valence-electron chi connectivity index (χ2n) is 24.1. The van der Waals surface area contributed by atoms with Crippen LogP contribution in [-0.4, -0.2) is 266 Å². The number of piperidine rings is 1. The Labute approximate surface area is 527 Å². The molecule has 492 valence electrons. The van der Waals surface area contributed by atoms with Crippen molar-refractivity contribution in [3.05, 3.63) is 59.0 Å². The molecule has 3 fully saturated rings. The fourth-order valence-electron chi connectivity index (χ4n) is 11.4. The monoisotopic (exact) mass is 1260 g/mol. The first kappa shape index (κ1) is 70.3. The second-order valence-corrected chi connectivity index (χ2v) is 24.5. The number of carboxylic acid groups (broad SMARTS) is 3. The predicted molar refractivity (Wildman–Crippen MR) is 339 cm³/mol. The standard InChI is InChI=1S/C63H94ClFN12O12/c1-6-62(4,13-31-86-34-35-87-33-15-67-53(78)41-71-18-20-72(42-55(80)81)22-24-74(44-57(84)85)25-23-73(21-19-71)43-56(82)83)89-32-14-63(5,7-2)88-30-12-54(79)75-26-28-77(29-27-75)61-58(60-69-51-9-8-47(64)39-52(51)70-60)59(76-16-10-49(66)11-17-76)50(40-68-61)46-36-45(3)37-48(65)38-46/h8-9,36-40,49H,6-7,10-35,41-44,66H2,1-5H3,(H,67,78)(H,69,70)(H,80,81)(H,82,83)(H,84,85). The summed E-state index contributed by atoms with van der Waals surface area (Å²) in [5.41, 5.74) is 11.1. The van der Waals surface area contributed by atoms with Gasteiger partial charge in [0.05, 0.1) is 99.1 Å². The number of fused-ring (bicyclic) bond motifs is 1. The van der Waals surface area contributed by atoms with Gasteiger partial charge in [0.1, 0.15) is 17.5 Å². The average Bonchev–Trinajstić information content (AvgIpc) is 1.79. The average molecular weight is 1270 g/mol. The molecular formula is C63H94ClFN12O12. The number of pyridine rings is 1. The molecule has 0 saturated carbocycles. The zero-order chi connectivity index (χ0) is 64.1. The van der Waals surface area contributed by atoms with E-state index in [2.05, 4.69) is 47.8 Å². The molecule has 5 heterocycles. The van der Waals surface area contributed by atoms with E-state index in [9.17, 15) is 39.3 Å². The van der Waals surface area contributed by atoms with Gasteiger partial charge in [-0.05, 0) is 101 Å². The Kier molecular flexibility index (Phi) is 27.1. The van der Waals surface area contributed by atoms with Crippen molar-refractivity contribution in [3.8, 4) is 22.5 Å². The van der Waals surface area contributed by atoms with Gasteiger partial charge in [0, 0.05) is 128 Å². The Morgan fingerprint density at radius 1 is 0.697 bits per heavy atom. The van der Waals surface area contributed by atoms with E-state index in [1.54, 1.807) is 20.8 Å². The van der Waals surface area contributed by atoms with Gasteiger partial charge in [0.25, 0.3) is 0 Å². The van der Waals surface area contributed by atoms with E-state index >= 15 is 4.39 Å². The summed E-state index contributed by atoms with van der Waals surface area (Å²) in [5, 5.41) is 31.9. The van der Waals surface area contributed by atoms with Crippen molar-refractivity contribution in [1.82, 2.24) is 44.8 Å². The van der Waals surface area contributed by atoms with Gasteiger partial charge >= 0.3 is 17.9 Å². The molecule has 2 amide bonds. The maximum atomic E-state index is 15.1. The molecule has 26 heteroatoms. The van der Waals surface area contributed by atoms with Crippen LogP contribution in [0.2, 0.25) is 5.02 Å². The molecule has 2 unspecified atom stereocenters. The largest absolute Gasteiger partial charge is 0.480 e. The molecule has 3 aliphatic rings. The Morgan fingerprint density at radius 3 is 1.81 bits per heavy atom. The lowest BCUT2D eigenvalue weighted by atomic mass is 9.96. The lowest BCUT2D eigenvalue weighted by Gasteiger charge is -2.39. The fraction of sp³-hybridized carbons (Fsp3) is 0.635. The minimum atomic E-state index is -1.03. The van der Waals surface area contributed by atoms with Crippen molar-refractivity contribution < 1.29 is 62.6 Å². The molecule has 2 aromatic carbocycles. The number of ether oxygens (including phenoxy) is 4. The van der Waals surface area contributed by atoms with E-state index in [1.165, 1.54) is 6.07 Å². The Morgan fingerprint density at radius 2 is 1.25 bits per heavy atom. The van der Waals surface area contributed by atoms with E-state index in [0.717, 1.165) is 70.5 Å². The number of anilines is 2. The number of hydrogen-bond donors (Lipinski definition) is 6. The maximum Gasteiger partial charge on any atom is 0.317 e. The van der Waals surface area contributed by atoms with Crippen molar-refractivity contribution >= 4 is 63.9 Å². The van der Waals surface area contributed by atoms with Crippen molar-refractivity contribution in [2.45, 2.75) is 96.8 Å². The highest BCUT2D eigenvalue weighted by molar-refractivity contribution is 6.31. The molecule has 3 aliphatic heterocycles. The number of amides is 2. The van der Waals surface area contributed by atoms with E-state index in [0.29, 0.717) is 129 Å². The van der Waals surface area contributed by atoms with Crippen LogP contribution in [0.25, 0.3) is 33.5 Å². The van der Waals surface area contributed by atoms with E-state index in [-0.39, 0.29) is 89.1 Å². The first-order valence-electron chi connectivity index (χ1n) is 31.4. The number of nitrogens with zero attached hydrogens (tertiary/aromatic N) is 9. The van der Waals surface area contributed by atoms with Crippen molar-refractivity contribution in [1.29, 1.82) is 0 Å². The number of carbonyl (C=O) groups excluding carboxylic acids is 2. The van der Waals surface area contributed by atoms with E-state index in [1.807, 2.05) is 47.2 Å². The van der Waals surface area contributed by atoms with Gasteiger partial charge in [-0.25, -0.2) is 14.4 Å². The third-order valence-electron chi connectivity index (χ3n) is 17.3. The van der Waals surface area contributed by atoms with Crippen LogP contribution in [0.3, 0.4) is 0 Å². The molecule has 0 aliphatic carbocycles. The van der Waals surface area contributed by atoms with Crippen molar-refractivity contribution in [2.24, 2.45) is 5.73 Å². The van der Waals surface area contributed by atoms with Gasteiger partial charge in [-0.15, -0.1) is 0 Å². The fourth-order valence-corrected chi connectivity index (χ4v) is 11.6. The van der Waals surface area contributed by atoms with E-state index in [4.69, 9.17) is 46.3 Å². The summed E-state index contributed by atoms with van der Waals surface area (Å²) >= 11 is 6.45. The molecule has 89 heavy (non-hydrogen) atoms. The molecule has 0 radical (unpaired) electrons. The van der Waals surface area contributed by atoms with Crippen molar-refractivity contribution in [2.75, 3.05) is 174 Å². The Hall–Kier alpha value is -6.13. The lowest BCUT2D eigenvalue weighted by Crippen LogP contribution is -2.50. The first-order valence-corrected chi connectivity index (χ1v) is 31.7. The smallest absolute Gasteiger partial charge is 0.317 e. The van der Waals surface area contributed by atoms with Crippen molar-refractivity contribution in [3.63, 3.8) is 0 Å². The van der Waals surface area contributed by atoms with Gasteiger partial charge in [-0.2, -0.15) is 0 Å². The molecule has 24 nitrogen and oxygen atoms in total. The molecule has 3 saturated heterocycles. The van der Waals surface area contributed by atoms with E-state index < -0.39 is 29.1 Å². The Bertz CT molecular complexity index is 2910. The summed E-state index contributed by atoms with van der Waals surface area (Å²) in [6.07, 6.45) is 6.48. The van der Waals surface area contributed by atoms with Crippen LogP contribution < -0.4 is 20.9 Å². The van der Waals surface area contributed by atoms with Gasteiger partial charge < -0.3 is 65.0 Å². The summed E-state index contributed by atoms with van der Waals surface area (Å²) < 4.78 is 39.7. The van der Waals surface area contributed by atoms with Gasteiger partial charge in [0.15, 0.2) is 0 Å². The highest BCUT2D eigenvalue weighted by Crippen LogP contribution is 2.45. The van der Waals surface area contributed by atoms with Crippen LogP contribution in [0.15, 0.2) is 42.6 Å². The molecule has 0 spiro atoms. The van der Waals surface area contributed by atoms with Gasteiger partial charge in [-0.3, -0.25) is 43.6 Å². The number of rotatable bonds is 31.